The van der Waals surface area contributed by atoms with E-state index in [9.17, 15) is 0 Å². The van der Waals surface area contributed by atoms with Crippen molar-refractivity contribution in [2.45, 2.75) is 24.3 Å². The highest BCUT2D eigenvalue weighted by Gasteiger charge is 2.28. The molecule has 2 aliphatic rings. The van der Waals surface area contributed by atoms with Crippen molar-refractivity contribution in [3.63, 3.8) is 0 Å². The molecule has 1 aromatic carbocycles. The Hall–Kier alpha value is -0.0800. The van der Waals surface area contributed by atoms with E-state index in [2.05, 4.69) is 24.3 Å². The minimum Gasteiger partial charge on any atom is -0.0539 e. The summed E-state index contributed by atoms with van der Waals surface area (Å²) in [6, 6.07) is 9.52. The predicted molar refractivity (Wildman–Crippen MR) is 77.3 cm³/mol. The fourth-order valence-electron chi connectivity index (χ4n) is 2.19. The molecule has 2 heterocycles. The van der Waals surface area contributed by atoms with Gasteiger partial charge in [0.15, 0.2) is 0 Å². The standard InChI is InChI=1S/C14H20S2/c1-7-15(8-1)11-13-3-5-14(6-4-13)12-16-9-2-10-16/h3-6H,1-2,7-12H2/q+2. The average molecular weight is 252 g/mol. The van der Waals surface area contributed by atoms with Crippen LogP contribution in [0, 0.1) is 0 Å². The molecule has 2 heteroatoms. The second-order valence-electron chi connectivity index (χ2n) is 4.85. The van der Waals surface area contributed by atoms with Gasteiger partial charge >= 0.3 is 0 Å². The summed E-state index contributed by atoms with van der Waals surface area (Å²) in [4.78, 5) is 0. The lowest BCUT2D eigenvalue weighted by Crippen LogP contribution is -2.26. The van der Waals surface area contributed by atoms with E-state index in [1.807, 2.05) is 0 Å². The van der Waals surface area contributed by atoms with E-state index in [0.717, 1.165) is 21.8 Å². The van der Waals surface area contributed by atoms with Gasteiger partial charge in [-0.05, 0) is 21.8 Å². The smallest absolute Gasteiger partial charge is 0.0539 e. The molecule has 0 radical (unpaired) electrons. The first kappa shape index (κ1) is 11.0. The van der Waals surface area contributed by atoms with Crippen molar-refractivity contribution in [2.75, 3.05) is 23.0 Å². The molecule has 0 amide bonds. The highest BCUT2D eigenvalue weighted by atomic mass is 32.2. The third-order valence-corrected chi connectivity index (χ3v) is 8.44. The Balaban J connectivity index is 1.55. The topological polar surface area (TPSA) is 0 Å². The van der Waals surface area contributed by atoms with Crippen molar-refractivity contribution in [1.29, 1.82) is 0 Å². The molecule has 0 saturated carbocycles. The zero-order chi connectivity index (χ0) is 10.8. The summed E-state index contributed by atoms with van der Waals surface area (Å²) in [7, 11) is 1.49. The fourth-order valence-corrected chi connectivity index (χ4v) is 5.49. The molecule has 0 spiro atoms. The molecule has 0 aliphatic carbocycles. The SMILES string of the molecule is c1cc(C[S+]2CCC2)ccc1C[S+]1CCC1. The molecule has 2 fully saturated rings. The number of hydrogen-bond acceptors (Lipinski definition) is 0. The van der Waals surface area contributed by atoms with Gasteiger partial charge in [-0.25, -0.2) is 0 Å². The summed E-state index contributed by atoms with van der Waals surface area (Å²) in [5, 5.41) is 0. The highest BCUT2D eigenvalue weighted by molar-refractivity contribution is 7.97. The summed E-state index contributed by atoms with van der Waals surface area (Å²) >= 11 is 0. The molecule has 0 atom stereocenters. The molecular formula is C14H20S2+2. The van der Waals surface area contributed by atoms with Crippen LogP contribution in [0.25, 0.3) is 0 Å². The van der Waals surface area contributed by atoms with E-state index in [4.69, 9.17) is 0 Å². The van der Waals surface area contributed by atoms with Gasteiger partial charge in [-0.1, -0.05) is 24.3 Å². The molecule has 1 aromatic rings. The van der Waals surface area contributed by atoms with Gasteiger partial charge in [0.05, 0.1) is 0 Å². The quantitative estimate of drug-likeness (QED) is 0.723. The van der Waals surface area contributed by atoms with Crippen LogP contribution in [0.4, 0.5) is 0 Å². The van der Waals surface area contributed by atoms with Crippen molar-refractivity contribution in [3.05, 3.63) is 35.4 Å². The van der Waals surface area contributed by atoms with Crippen LogP contribution in [0.3, 0.4) is 0 Å². The Morgan fingerprint density at radius 1 is 0.688 bits per heavy atom. The van der Waals surface area contributed by atoms with Crippen LogP contribution >= 0.6 is 0 Å². The van der Waals surface area contributed by atoms with E-state index in [1.165, 1.54) is 47.4 Å². The maximum absolute atomic E-state index is 2.38. The van der Waals surface area contributed by atoms with E-state index in [0.29, 0.717) is 0 Å². The third-order valence-electron chi connectivity index (χ3n) is 3.50. The van der Waals surface area contributed by atoms with Gasteiger partial charge in [-0.15, -0.1) is 0 Å². The van der Waals surface area contributed by atoms with Crippen molar-refractivity contribution < 1.29 is 0 Å². The maximum Gasteiger partial charge on any atom is 0.133 e. The van der Waals surface area contributed by atoms with E-state index in [-0.39, 0.29) is 0 Å². The Morgan fingerprint density at radius 2 is 1.06 bits per heavy atom. The first-order chi connectivity index (χ1) is 7.90. The average Bonchev–Trinajstić information content (AvgIpc) is 2.19. The van der Waals surface area contributed by atoms with E-state index < -0.39 is 0 Å². The Morgan fingerprint density at radius 3 is 1.31 bits per heavy atom. The number of hydrogen-bond donors (Lipinski definition) is 0. The molecule has 16 heavy (non-hydrogen) atoms. The van der Waals surface area contributed by atoms with Gasteiger partial charge in [0.25, 0.3) is 0 Å². The molecule has 0 bridgehead atoms. The van der Waals surface area contributed by atoms with Crippen molar-refractivity contribution in [2.24, 2.45) is 0 Å². The van der Waals surface area contributed by atoms with Crippen LogP contribution in [0.5, 0.6) is 0 Å². The lowest BCUT2D eigenvalue weighted by molar-refractivity contribution is 1.02. The van der Waals surface area contributed by atoms with E-state index >= 15 is 0 Å². The molecule has 2 aliphatic heterocycles. The minimum atomic E-state index is 0.747. The molecule has 86 valence electrons. The Labute approximate surface area is 105 Å². The minimum absolute atomic E-state index is 0.747. The van der Waals surface area contributed by atoms with Gasteiger partial charge in [0.1, 0.15) is 34.5 Å². The van der Waals surface area contributed by atoms with Gasteiger partial charge in [-0.3, -0.25) is 0 Å². The summed E-state index contributed by atoms with van der Waals surface area (Å²) in [5.74, 6) is 8.67. The maximum atomic E-state index is 2.38. The lowest BCUT2D eigenvalue weighted by Gasteiger charge is -2.17. The van der Waals surface area contributed by atoms with Crippen LogP contribution in [0.1, 0.15) is 24.0 Å². The zero-order valence-electron chi connectivity index (χ0n) is 9.78. The highest BCUT2D eigenvalue weighted by Crippen LogP contribution is 2.21. The van der Waals surface area contributed by atoms with Gasteiger partial charge in [0.2, 0.25) is 0 Å². The van der Waals surface area contributed by atoms with Crippen LogP contribution in [-0.4, -0.2) is 23.0 Å². The third kappa shape index (κ3) is 2.60. The molecule has 0 N–H and O–H groups in total. The first-order valence-electron chi connectivity index (χ1n) is 6.26. The molecule has 0 nitrogen and oxygen atoms in total. The van der Waals surface area contributed by atoms with Gasteiger partial charge < -0.3 is 0 Å². The van der Waals surface area contributed by atoms with Crippen molar-refractivity contribution in [3.8, 4) is 0 Å². The largest absolute Gasteiger partial charge is 0.133 e. The molecule has 2 saturated heterocycles. The monoisotopic (exact) mass is 252 g/mol. The van der Waals surface area contributed by atoms with Crippen LogP contribution in [0.2, 0.25) is 0 Å². The normalized spacial score (nSPS) is 21.5. The predicted octanol–water partition coefficient (Wildman–Crippen LogP) is 2.73. The van der Waals surface area contributed by atoms with Crippen LogP contribution < -0.4 is 0 Å². The molecule has 3 rings (SSSR count). The number of rotatable bonds is 4. The Kier molecular flexibility index (Phi) is 3.49. The fraction of sp³-hybridized carbons (Fsp3) is 0.571. The molecule has 0 aromatic heterocycles. The van der Waals surface area contributed by atoms with Crippen LogP contribution in [-0.2, 0) is 33.3 Å². The van der Waals surface area contributed by atoms with Crippen molar-refractivity contribution in [1.82, 2.24) is 0 Å². The number of benzene rings is 1. The van der Waals surface area contributed by atoms with Crippen LogP contribution in [0.15, 0.2) is 24.3 Å². The summed E-state index contributed by atoms with van der Waals surface area (Å²) < 4.78 is 0. The summed E-state index contributed by atoms with van der Waals surface area (Å²) in [5.41, 5.74) is 3.15. The molecular weight excluding hydrogens is 232 g/mol. The first-order valence-corrected chi connectivity index (χ1v) is 9.72. The van der Waals surface area contributed by atoms with Crippen molar-refractivity contribution >= 4 is 21.8 Å². The van der Waals surface area contributed by atoms with Gasteiger partial charge in [-0.2, -0.15) is 0 Å². The van der Waals surface area contributed by atoms with Gasteiger partial charge in [0, 0.05) is 24.0 Å². The lowest BCUT2D eigenvalue weighted by atomic mass is 10.2. The summed E-state index contributed by atoms with van der Waals surface area (Å²) in [6.07, 6.45) is 2.95. The second kappa shape index (κ2) is 5.05. The zero-order valence-corrected chi connectivity index (χ0v) is 11.4. The van der Waals surface area contributed by atoms with E-state index in [1.54, 1.807) is 11.1 Å². The second-order valence-corrected chi connectivity index (χ2v) is 9.51. The Bertz CT molecular complexity index is 301. The summed E-state index contributed by atoms with van der Waals surface area (Å²) in [6.45, 7) is 0. The molecule has 0 unspecified atom stereocenters.